The van der Waals surface area contributed by atoms with Gasteiger partial charge in [-0.15, -0.1) is 0 Å². The molecule has 4 heteroatoms. The lowest BCUT2D eigenvalue weighted by Crippen LogP contribution is -2.27. The second kappa shape index (κ2) is 6.35. The maximum atomic E-state index is 11.7. The van der Waals surface area contributed by atoms with Gasteiger partial charge in [0.2, 0.25) is 0 Å². The average Bonchev–Trinajstić information content (AvgIpc) is 3.13. The van der Waals surface area contributed by atoms with Crippen LogP contribution in [0.25, 0.3) is 0 Å². The Balaban J connectivity index is 1.64. The fourth-order valence-corrected chi connectivity index (χ4v) is 1.95. The standard InChI is InChI=1S/C13H17IN2O/c14-11-4-2-10(3-5-11)13(17)16-9-1-8-15-12-6-7-12/h2-5,12,15H,1,6-9H2,(H,16,17). The molecule has 1 amide bonds. The summed E-state index contributed by atoms with van der Waals surface area (Å²) in [5.74, 6) is 0.0211. The molecule has 1 saturated carbocycles. The normalized spacial score (nSPS) is 14.6. The summed E-state index contributed by atoms with van der Waals surface area (Å²) in [6.07, 6.45) is 3.62. The van der Waals surface area contributed by atoms with Crippen LogP contribution in [-0.2, 0) is 0 Å². The third kappa shape index (κ3) is 4.63. The lowest BCUT2D eigenvalue weighted by atomic mass is 10.2. The zero-order chi connectivity index (χ0) is 12.1. The maximum Gasteiger partial charge on any atom is 0.251 e. The summed E-state index contributed by atoms with van der Waals surface area (Å²) in [6.45, 7) is 1.74. The highest BCUT2D eigenvalue weighted by Gasteiger charge is 2.19. The largest absolute Gasteiger partial charge is 0.352 e. The first-order valence-electron chi connectivity index (χ1n) is 6.03. The van der Waals surface area contributed by atoms with Crippen molar-refractivity contribution < 1.29 is 4.79 Å². The van der Waals surface area contributed by atoms with E-state index in [1.807, 2.05) is 24.3 Å². The zero-order valence-electron chi connectivity index (χ0n) is 9.71. The molecule has 0 atom stereocenters. The minimum Gasteiger partial charge on any atom is -0.352 e. The van der Waals surface area contributed by atoms with E-state index < -0.39 is 0 Å². The van der Waals surface area contributed by atoms with Crippen LogP contribution < -0.4 is 10.6 Å². The van der Waals surface area contributed by atoms with Gasteiger partial charge in [-0.1, -0.05) is 0 Å². The number of carbonyl (C=O) groups is 1. The van der Waals surface area contributed by atoms with Crippen molar-refractivity contribution in [1.29, 1.82) is 0 Å². The molecule has 1 aliphatic rings. The number of carbonyl (C=O) groups excluding carboxylic acids is 1. The van der Waals surface area contributed by atoms with Crippen LogP contribution in [0.3, 0.4) is 0 Å². The minimum absolute atomic E-state index is 0.0211. The average molecular weight is 344 g/mol. The van der Waals surface area contributed by atoms with E-state index in [9.17, 15) is 4.79 Å². The molecule has 1 aromatic carbocycles. The summed E-state index contributed by atoms with van der Waals surface area (Å²) in [5.41, 5.74) is 0.737. The van der Waals surface area contributed by atoms with Crippen molar-refractivity contribution in [2.75, 3.05) is 13.1 Å². The van der Waals surface area contributed by atoms with Crippen LogP contribution in [0.2, 0.25) is 0 Å². The number of hydrogen-bond donors (Lipinski definition) is 2. The van der Waals surface area contributed by atoms with Crippen LogP contribution in [0.15, 0.2) is 24.3 Å². The number of rotatable bonds is 6. The first kappa shape index (κ1) is 12.8. The van der Waals surface area contributed by atoms with Crippen molar-refractivity contribution in [3.63, 3.8) is 0 Å². The Bertz CT molecular complexity index is 374. The molecule has 1 aromatic rings. The third-order valence-electron chi connectivity index (χ3n) is 2.76. The monoisotopic (exact) mass is 344 g/mol. The Labute approximate surface area is 116 Å². The van der Waals surface area contributed by atoms with Crippen molar-refractivity contribution in [1.82, 2.24) is 10.6 Å². The van der Waals surface area contributed by atoms with Gasteiger partial charge in [-0.3, -0.25) is 4.79 Å². The minimum atomic E-state index is 0.0211. The summed E-state index contributed by atoms with van der Waals surface area (Å²) in [4.78, 5) is 11.7. The van der Waals surface area contributed by atoms with E-state index in [-0.39, 0.29) is 5.91 Å². The Hall–Kier alpha value is -0.620. The quantitative estimate of drug-likeness (QED) is 0.613. The van der Waals surface area contributed by atoms with E-state index in [2.05, 4.69) is 33.2 Å². The van der Waals surface area contributed by atoms with Crippen LogP contribution in [0.4, 0.5) is 0 Å². The molecule has 0 spiro atoms. The molecule has 0 aromatic heterocycles. The molecule has 92 valence electrons. The van der Waals surface area contributed by atoms with Gasteiger partial charge < -0.3 is 10.6 Å². The molecular formula is C13H17IN2O. The molecular weight excluding hydrogens is 327 g/mol. The molecule has 2 N–H and O–H groups in total. The van der Waals surface area contributed by atoms with Gasteiger partial charge in [0.15, 0.2) is 0 Å². The number of amides is 1. The van der Waals surface area contributed by atoms with Crippen LogP contribution in [0.5, 0.6) is 0 Å². The molecule has 3 nitrogen and oxygen atoms in total. The highest BCUT2D eigenvalue weighted by molar-refractivity contribution is 14.1. The van der Waals surface area contributed by atoms with Crippen molar-refractivity contribution in [2.24, 2.45) is 0 Å². The first-order chi connectivity index (χ1) is 8.25. The van der Waals surface area contributed by atoms with Crippen LogP contribution in [0, 0.1) is 3.57 Å². The van der Waals surface area contributed by atoms with E-state index in [1.165, 1.54) is 12.8 Å². The molecule has 0 radical (unpaired) electrons. The topological polar surface area (TPSA) is 41.1 Å². The predicted octanol–water partition coefficient (Wildman–Crippen LogP) is 2.16. The van der Waals surface area contributed by atoms with E-state index in [0.29, 0.717) is 0 Å². The smallest absolute Gasteiger partial charge is 0.251 e. The SMILES string of the molecule is O=C(NCCCNC1CC1)c1ccc(I)cc1. The number of halogens is 1. The summed E-state index contributed by atoms with van der Waals surface area (Å²) >= 11 is 2.23. The maximum absolute atomic E-state index is 11.7. The fourth-order valence-electron chi connectivity index (χ4n) is 1.59. The second-order valence-electron chi connectivity index (χ2n) is 4.34. The molecule has 2 rings (SSSR count). The molecule has 1 aliphatic carbocycles. The third-order valence-corrected chi connectivity index (χ3v) is 3.48. The molecule has 17 heavy (non-hydrogen) atoms. The molecule has 0 saturated heterocycles. The van der Waals surface area contributed by atoms with Crippen molar-refractivity contribution in [3.8, 4) is 0 Å². The van der Waals surface area contributed by atoms with Gasteiger partial charge in [-0.05, 0) is 72.7 Å². The highest BCUT2D eigenvalue weighted by Crippen LogP contribution is 2.18. The van der Waals surface area contributed by atoms with Crippen molar-refractivity contribution in [3.05, 3.63) is 33.4 Å². The van der Waals surface area contributed by atoms with E-state index in [0.717, 1.165) is 34.7 Å². The second-order valence-corrected chi connectivity index (χ2v) is 5.59. The Morgan fingerprint density at radius 2 is 1.94 bits per heavy atom. The number of hydrogen-bond acceptors (Lipinski definition) is 2. The highest BCUT2D eigenvalue weighted by atomic mass is 127. The van der Waals surface area contributed by atoms with Gasteiger partial charge in [0.25, 0.3) is 5.91 Å². The van der Waals surface area contributed by atoms with Crippen LogP contribution in [-0.4, -0.2) is 25.0 Å². The van der Waals surface area contributed by atoms with Gasteiger partial charge in [0.05, 0.1) is 0 Å². The lowest BCUT2D eigenvalue weighted by molar-refractivity contribution is 0.0953. The Morgan fingerprint density at radius 3 is 2.59 bits per heavy atom. The van der Waals surface area contributed by atoms with E-state index >= 15 is 0 Å². The summed E-state index contributed by atoms with van der Waals surface area (Å²) in [5, 5.41) is 6.36. The van der Waals surface area contributed by atoms with Crippen LogP contribution >= 0.6 is 22.6 Å². The molecule has 1 fully saturated rings. The molecule has 0 aliphatic heterocycles. The fraction of sp³-hybridized carbons (Fsp3) is 0.462. The van der Waals surface area contributed by atoms with Crippen LogP contribution in [0.1, 0.15) is 29.6 Å². The van der Waals surface area contributed by atoms with Gasteiger partial charge in [-0.25, -0.2) is 0 Å². The van der Waals surface area contributed by atoms with E-state index in [1.54, 1.807) is 0 Å². The lowest BCUT2D eigenvalue weighted by Gasteiger charge is -2.06. The predicted molar refractivity (Wildman–Crippen MR) is 77.1 cm³/mol. The first-order valence-corrected chi connectivity index (χ1v) is 7.11. The summed E-state index contributed by atoms with van der Waals surface area (Å²) in [6, 6.07) is 8.37. The van der Waals surface area contributed by atoms with Gasteiger partial charge in [0, 0.05) is 21.7 Å². The van der Waals surface area contributed by atoms with Crippen molar-refractivity contribution in [2.45, 2.75) is 25.3 Å². The summed E-state index contributed by atoms with van der Waals surface area (Å²) < 4.78 is 1.15. The number of benzene rings is 1. The van der Waals surface area contributed by atoms with Gasteiger partial charge in [-0.2, -0.15) is 0 Å². The number of nitrogens with one attached hydrogen (secondary N) is 2. The zero-order valence-corrected chi connectivity index (χ0v) is 11.9. The molecule has 0 heterocycles. The van der Waals surface area contributed by atoms with E-state index in [4.69, 9.17) is 0 Å². The Morgan fingerprint density at radius 1 is 1.24 bits per heavy atom. The molecule has 0 bridgehead atoms. The molecule has 0 unspecified atom stereocenters. The summed E-state index contributed by atoms with van der Waals surface area (Å²) in [7, 11) is 0. The Kier molecular flexibility index (Phi) is 4.79. The van der Waals surface area contributed by atoms with Gasteiger partial charge in [0.1, 0.15) is 0 Å². The van der Waals surface area contributed by atoms with Gasteiger partial charge >= 0.3 is 0 Å². The van der Waals surface area contributed by atoms with Crippen molar-refractivity contribution >= 4 is 28.5 Å².